The van der Waals surface area contributed by atoms with E-state index in [9.17, 15) is 15.0 Å². The lowest BCUT2D eigenvalue weighted by Crippen LogP contribution is -2.61. The molecule has 0 aromatic heterocycles. The summed E-state index contributed by atoms with van der Waals surface area (Å²) >= 11 is 0. The second-order valence-electron chi connectivity index (χ2n) is 15.1. The van der Waals surface area contributed by atoms with E-state index in [0.29, 0.717) is 22.7 Å². The Morgan fingerprint density at radius 3 is 2.18 bits per heavy atom. The molecule has 3 fully saturated rings. The first kappa shape index (κ1) is 25.3. The number of aliphatic hydroxyl groups excluding tert-OH is 1. The molecular formula is C30H50O3. The van der Waals surface area contributed by atoms with Gasteiger partial charge in [0.1, 0.15) is 0 Å². The molecule has 0 bridgehead atoms. The van der Waals surface area contributed by atoms with E-state index >= 15 is 0 Å². The van der Waals surface area contributed by atoms with E-state index < -0.39 is 5.97 Å². The number of aliphatic carboxylic acids is 1. The van der Waals surface area contributed by atoms with Crippen LogP contribution in [0.2, 0.25) is 0 Å². The number of fused-ring (bicyclic) bond motifs is 5. The molecule has 4 aliphatic carbocycles. The van der Waals surface area contributed by atoms with Gasteiger partial charge in [-0.1, -0.05) is 67.0 Å². The molecule has 4 rings (SSSR count). The summed E-state index contributed by atoms with van der Waals surface area (Å²) in [6.45, 7) is 19.2. The summed E-state index contributed by atoms with van der Waals surface area (Å²) in [7, 11) is 0. The van der Waals surface area contributed by atoms with Crippen molar-refractivity contribution in [1.82, 2.24) is 0 Å². The smallest absolute Gasteiger partial charge is 0.303 e. The Morgan fingerprint density at radius 1 is 0.970 bits per heavy atom. The highest BCUT2D eigenvalue weighted by Crippen LogP contribution is 2.73. The molecule has 0 amide bonds. The average molecular weight is 459 g/mol. The molecule has 33 heavy (non-hydrogen) atoms. The first-order valence-corrected chi connectivity index (χ1v) is 13.6. The van der Waals surface area contributed by atoms with E-state index in [1.807, 2.05) is 0 Å². The van der Waals surface area contributed by atoms with Crippen molar-refractivity contribution in [2.45, 2.75) is 113 Å². The maximum absolute atomic E-state index is 12.2. The van der Waals surface area contributed by atoms with E-state index in [4.69, 9.17) is 0 Å². The van der Waals surface area contributed by atoms with Crippen LogP contribution in [0.15, 0.2) is 11.6 Å². The van der Waals surface area contributed by atoms with E-state index in [-0.39, 0.29) is 40.6 Å². The van der Waals surface area contributed by atoms with Gasteiger partial charge in [-0.15, -0.1) is 0 Å². The molecule has 2 N–H and O–H groups in total. The third kappa shape index (κ3) is 3.66. The number of hydrogen-bond acceptors (Lipinski definition) is 2. The number of rotatable bonds is 4. The summed E-state index contributed by atoms with van der Waals surface area (Å²) in [6.07, 6.45) is 12.4. The number of allylic oxidation sites excluding steroid dienone is 2. The Kier molecular flexibility index (Phi) is 5.81. The van der Waals surface area contributed by atoms with Crippen LogP contribution in [0.4, 0.5) is 0 Å². The van der Waals surface area contributed by atoms with Crippen LogP contribution in [0.1, 0.15) is 113 Å². The van der Waals surface area contributed by atoms with Crippen molar-refractivity contribution in [3.05, 3.63) is 11.6 Å². The first-order chi connectivity index (χ1) is 15.0. The molecule has 188 valence electrons. The van der Waals surface area contributed by atoms with Gasteiger partial charge in [0.15, 0.2) is 0 Å². The maximum Gasteiger partial charge on any atom is 0.303 e. The third-order valence-electron chi connectivity index (χ3n) is 11.9. The molecule has 4 aliphatic rings. The predicted molar refractivity (Wildman–Crippen MR) is 135 cm³/mol. The standard InChI is InChI=1S/C30H50O3/c1-25(2)15-16-27(5)12-9-21-28(6)13-10-20(26(3,4)19-31)30(8,18-24(32)33)22(28)11-14-29(21,7)23(27)17-25/h9,20,22-23,31H,10-19H2,1-8H3,(H,32,33)/t20-,22-,23+,27-,28-,29+,30-/m0/s1. The third-order valence-corrected chi connectivity index (χ3v) is 11.9. The molecule has 3 heteroatoms. The zero-order valence-corrected chi connectivity index (χ0v) is 22.7. The summed E-state index contributed by atoms with van der Waals surface area (Å²) in [6, 6.07) is 0. The molecule has 3 nitrogen and oxygen atoms in total. The lowest BCUT2D eigenvalue weighted by Gasteiger charge is -2.68. The molecule has 7 atom stereocenters. The van der Waals surface area contributed by atoms with Crippen molar-refractivity contribution < 1.29 is 15.0 Å². The fraction of sp³-hybridized carbons (Fsp3) is 0.900. The number of carboxylic acids is 1. The number of carbonyl (C=O) groups is 1. The van der Waals surface area contributed by atoms with Crippen LogP contribution in [0.25, 0.3) is 0 Å². The van der Waals surface area contributed by atoms with E-state index in [0.717, 1.165) is 19.3 Å². The van der Waals surface area contributed by atoms with Gasteiger partial charge in [-0.3, -0.25) is 4.79 Å². The SMILES string of the molecule is CC1(C)CC[C@]2(C)CC=C3[C@]4(C)CC[C@@H](C(C)(C)CO)[C@](C)(CC(=O)O)[C@H]4CC[C@@]3(C)[C@@H]2C1. The molecule has 0 unspecified atom stereocenters. The average Bonchev–Trinajstić information content (AvgIpc) is 2.68. The summed E-state index contributed by atoms with van der Waals surface area (Å²) in [5, 5.41) is 20.3. The van der Waals surface area contributed by atoms with Gasteiger partial charge in [0.05, 0.1) is 6.42 Å². The maximum atomic E-state index is 12.2. The molecule has 0 aromatic carbocycles. The minimum atomic E-state index is -0.687. The highest BCUT2D eigenvalue weighted by Gasteiger charge is 2.65. The van der Waals surface area contributed by atoms with Crippen molar-refractivity contribution in [2.24, 2.45) is 50.2 Å². The minimum absolute atomic E-state index is 0.0577. The van der Waals surface area contributed by atoms with Crippen LogP contribution in [-0.2, 0) is 4.79 Å². The Bertz CT molecular complexity index is 839. The monoisotopic (exact) mass is 458 g/mol. The summed E-state index contributed by atoms with van der Waals surface area (Å²) < 4.78 is 0. The van der Waals surface area contributed by atoms with Crippen molar-refractivity contribution in [1.29, 1.82) is 0 Å². The lowest BCUT2D eigenvalue weighted by atomic mass is 9.36. The van der Waals surface area contributed by atoms with Crippen molar-refractivity contribution in [2.75, 3.05) is 6.61 Å². The van der Waals surface area contributed by atoms with Gasteiger partial charge in [-0.2, -0.15) is 0 Å². The molecule has 0 saturated heterocycles. The van der Waals surface area contributed by atoms with Crippen molar-refractivity contribution in [3.8, 4) is 0 Å². The van der Waals surface area contributed by atoms with Crippen LogP contribution in [0.3, 0.4) is 0 Å². The van der Waals surface area contributed by atoms with Gasteiger partial charge < -0.3 is 10.2 Å². The fourth-order valence-electron chi connectivity index (χ4n) is 10.2. The summed E-state index contributed by atoms with van der Waals surface area (Å²) in [4.78, 5) is 12.2. The van der Waals surface area contributed by atoms with Crippen LogP contribution in [0, 0.1) is 50.2 Å². The Labute approximate surface area is 202 Å². The van der Waals surface area contributed by atoms with Gasteiger partial charge >= 0.3 is 5.97 Å². The quantitative estimate of drug-likeness (QED) is 0.429. The summed E-state index contributed by atoms with van der Waals surface area (Å²) in [5.41, 5.74) is 2.19. The Hall–Kier alpha value is -0.830. The highest BCUT2D eigenvalue weighted by molar-refractivity contribution is 5.68. The van der Waals surface area contributed by atoms with E-state index in [2.05, 4.69) is 61.5 Å². The second kappa shape index (κ2) is 7.58. The largest absolute Gasteiger partial charge is 0.481 e. The summed E-state index contributed by atoms with van der Waals surface area (Å²) in [5.74, 6) is 0.597. The van der Waals surface area contributed by atoms with Gasteiger partial charge in [-0.05, 0) is 102 Å². The lowest BCUT2D eigenvalue weighted by molar-refractivity contribution is -0.163. The van der Waals surface area contributed by atoms with E-state index in [1.165, 1.54) is 32.1 Å². The van der Waals surface area contributed by atoms with Gasteiger partial charge in [0.2, 0.25) is 0 Å². The topological polar surface area (TPSA) is 57.5 Å². The second-order valence-corrected chi connectivity index (χ2v) is 15.1. The van der Waals surface area contributed by atoms with Crippen LogP contribution in [0.5, 0.6) is 0 Å². The molecule has 0 aliphatic heterocycles. The Morgan fingerprint density at radius 2 is 1.58 bits per heavy atom. The van der Waals surface area contributed by atoms with E-state index in [1.54, 1.807) is 5.57 Å². The molecule has 0 radical (unpaired) electrons. The van der Waals surface area contributed by atoms with Gasteiger partial charge in [0, 0.05) is 6.61 Å². The van der Waals surface area contributed by atoms with Gasteiger partial charge in [0.25, 0.3) is 0 Å². The molecule has 0 aromatic rings. The normalized spacial score (nSPS) is 47.1. The predicted octanol–water partition coefficient (Wildman–Crippen LogP) is 7.48. The molecule has 0 spiro atoms. The minimum Gasteiger partial charge on any atom is -0.481 e. The van der Waals surface area contributed by atoms with Crippen molar-refractivity contribution >= 4 is 5.97 Å². The zero-order chi connectivity index (χ0) is 24.7. The highest BCUT2D eigenvalue weighted by atomic mass is 16.4. The van der Waals surface area contributed by atoms with Crippen LogP contribution in [-0.4, -0.2) is 22.8 Å². The molecule has 0 heterocycles. The number of aliphatic hydroxyl groups is 1. The first-order valence-electron chi connectivity index (χ1n) is 13.6. The Balaban J connectivity index is 1.79. The van der Waals surface area contributed by atoms with Crippen molar-refractivity contribution in [3.63, 3.8) is 0 Å². The van der Waals surface area contributed by atoms with Crippen LogP contribution < -0.4 is 0 Å². The fourth-order valence-corrected chi connectivity index (χ4v) is 10.2. The van der Waals surface area contributed by atoms with Crippen LogP contribution >= 0.6 is 0 Å². The number of carboxylic acid groups (broad SMARTS) is 1. The molecule has 3 saturated carbocycles. The zero-order valence-electron chi connectivity index (χ0n) is 22.7. The number of hydrogen-bond donors (Lipinski definition) is 2. The van der Waals surface area contributed by atoms with Gasteiger partial charge in [-0.25, -0.2) is 0 Å². The molecular weight excluding hydrogens is 408 g/mol.